The van der Waals surface area contributed by atoms with Crippen molar-refractivity contribution in [3.05, 3.63) is 0 Å². The molecule has 0 heterocycles. The topological polar surface area (TPSA) is 68.1 Å². The predicted molar refractivity (Wildman–Crippen MR) is 30.0 cm³/mol. The Bertz CT molecular complexity index is 55.4. The Hall–Kier alpha value is -0.120. The molecule has 0 aromatic carbocycles. The van der Waals surface area contributed by atoms with Crippen LogP contribution in [0.25, 0.3) is 0 Å². The summed E-state index contributed by atoms with van der Waals surface area (Å²) in [5.74, 6) is 0. The van der Waals surface area contributed by atoms with E-state index in [0.29, 0.717) is 0 Å². The Balaban J connectivity index is 3.46. The van der Waals surface area contributed by atoms with Gasteiger partial charge in [-0.15, -0.1) is 0 Å². The molecule has 0 saturated heterocycles. The van der Waals surface area contributed by atoms with Gasteiger partial charge in [-0.25, -0.2) is 0 Å². The molecule has 0 aliphatic heterocycles. The minimum absolute atomic E-state index is 0.269. The van der Waals surface area contributed by atoms with Crippen molar-refractivity contribution in [2.75, 3.05) is 0 Å². The van der Waals surface area contributed by atoms with Gasteiger partial charge in [0, 0.05) is 0 Å². The van der Waals surface area contributed by atoms with Gasteiger partial charge in [-0.05, 0) is 13.8 Å². The van der Waals surface area contributed by atoms with Crippen LogP contribution in [0.5, 0.6) is 0 Å². The van der Waals surface area contributed by atoms with E-state index in [1.165, 1.54) is 0 Å². The lowest BCUT2D eigenvalue weighted by molar-refractivity contribution is -0.452. The summed E-state index contributed by atoms with van der Waals surface area (Å²) in [5.41, 5.74) is 3.54. The highest BCUT2D eigenvalue weighted by molar-refractivity contribution is 4.64. The van der Waals surface area contributed by atoms with Gasteiger partial charge in [0.2, 0.25) is 0 Å². The molecule has 2 atom stereocenters. The van der Waals surface area contributed by atoms with E-state index in [9.17, 15) is 0 Å². The number of aliphatic hydroxyl groups excluding tert-OH is 2. The van der Waals surface area contributed by atoms with Crippen LogP contribution in [0.15, 0.2) is 0 Å². The molecule has 3 nitrogen and oxygen atoms in total. The summed E-state index contributed by atoms with van der Waals surface area (Å²) in [6.07, 6.45) is -1.04. The monoisotopic (exact) mass is 120 g/mol. The van der Waals surface area contributed by atoms with Crippen LogP contribution in [0.1, 0.15) is 13.8 Å². The second-order valence-electron chi connectivity index (χ2n) is 2.15. The van der Waals surface area contributed by atoms with Crippen molar-refractivity contribution in [2.24, 2.45) is 0 Å². The molecule has 0 bridgehead atoms. The first kappa shape index (κ1) is 7.88. The second kappa shape index (κ2) is 3.02. The first-order valence-corrected chi connectivity index (χ1v) is 2.75. The van der Waals surface area contributed by atoms with Gasteiger partial charge in [0.15, 0.2) is 0 Å². The molecule has 0 aromatic rings. The molecule has 0 fully saturated rings. The van der Waals surface area contributed by atoms with Gasteiger partial charge < -0.3 is 15.9 Å². The number of aliphatic hydroxyl groups is 2. The molecular formula is C5H14NO2+. The highest BCUT2D eigenvalue weighted by Crippen LogP contribution is 1.91. The molecule has 0 rings (SSSR count). The van der Waals surface area contributed by atoms with Crippen LogP contribution in [0.4, 0.5) is 0 Å². The van der Waals surface area contributed by atoms with Crippen molar-refractivity contribution in [1.82, 2.24) is 0 Å². The predicted octanol–water partition coefficient (Wildman–Crippen LogP) is -1.64. The van der Waals surface area contributed by atoms with Gasteiger partial charge in [-0.2, -0.15) is 0 Å². The average molecular weight is 120 g/mol. The molecule has 0 aromatic heterocycles. The van der Waals surface area contributed by atoms with E-state index in [1.807, 2.05) is 0 Å². The average Bonchev–Trinajstić information content (AvgIpc) is 1.64. The van der Waals surface area contributed by atoms with Crippen LogP contribution in [0.3, 0.4) is 0 Å². The summed E-state index contributed by atoms with van der Waals surface area (Å²) >= 11 is 0. The minimum Gasteiger partial charge on any atom is -0.387 e. The van der Waals surface area contributed by atoms with E-state index in [1.54, 1.807) is 13.8 Å². The fourth-order valence-corrected chi connectivity index (χ4v) is 0.403. The Labute approximate surface area is 49.1 Å². The molecule has 8 heavy (non-hydrogen) atoms. The summed E-state index contributed by atoms with van der Waals surface area (Å²) in [4.78, 5) is 0. The Morgan fingerprint density at radius 2 is 1.38 bits per heavy atom. The fraction of sp³-hybridized carbons (Fsp3) is 1.00. The lowest BCUT2D eigenvalue weighted by Gasteiger charge is -2.12. The van der Waals surface area contributed by atoms with Crippen LogP contribution in [0, 0.1) is 0 Å². The van der Waals surface area contributed by atoms with Crippen molar-refractivity contribution in [2.45, 2.75) is 32.1 Å². The zero-order valence-corrected chi connectivity index (χ0v) is 5.33. The normalized spacial score (nSPS) is 22.1. The largest absolute Gasteiger partial charge is 0.387 e. The summed E-state index contributed by atoms with van der Waals surface area (Å²) in [5, 5.41) is 17.5. The maximum Gasteiger partial charge on any atom is 0.136 e. The van der Waals surface area contributed by atoms with Crippen LogP contribution in [0.2, 0.25) is 0 Å². The molecule has 0 spiro atoms. The van der Waals surface area contributed by atoms with Crippen molar-refractivity contribution < 1.29 is 15.9 Å². The lowest BCUT2D eigenvalue weighted by atomic mass is 10.1. The molecule has 2 unspecified atom stereocenters. The molecule has 50 valence electrons. The smallest absolute Gasteiger partial charge is 0.136 e. The summed E-state index contributed by atoms with van der Waals surface area (Å²) in [6.45, 7) is 3.23. The quantitative estimate of drug-likeness (QED) is 0.409. The Morgan fingerprint density at radius 3 is 1.38 bits per heavy atom. The van der Waals surface area contributed by atoms with Gasteiger partial charge in [0.05, 0.1) is 0 Å². The molecule has 0 aliphatic carbocycles. The summed E-state index contributed by atoms with van der Waals surface area (Å²) < 4.78 is 0. The summed E-state index contributed by atoms with van der Waals surface area (Å²) in [6, 6.07) is -0.269. The van der Waals surface area contributed by atoms with E-state index in [-0.39, 0.29) is 6.04 Å². The third kappa shape index (κ3) is 2.26. The lowest BCUT2D eigenvalue weighted by Crippen LogP contribution is -2.70. The third-order valence-electron chi connectivity index (χ3n) is 1.24. The third-order valence-corrected chi connectivity index (χ3v) is 1.24. The highest BCUT2D eigenvalue weighted by atomic mass is 16.3. The van der Waals surface area contributed by atoms with E-state index < -0.39 is 12.2 Å². The molecule has 5 N–H and O–H groups in total. The van der Waals surface area contributed by atoms with Crippen LogP contribution >= 0.6 is 0 Å². The number of quaternary nitrogens is 1. The van der Waals surface area contributed by atoms with Crippen LogP contribution in [-0.4, -0.2) is 28.5 Å². The number of rotatable bonds is 2. The highest BCUT2D eigenvalue weighted by Gasteiger charge is 2.17. The van der Waals surface area contributed by atoms with E-state index in [2.05, 4.69) is 5.73 Å². The van der Waals surface area contributed by atoms with Gasteiger partial charge in [0.25, 0.3) is 0 Å². The van der Waals surface area contributed by atoms with Crippen molar-refractivity contribution in [3.8, 4) is 0 Å². The van der Waals surface area contributed by atoms with Crippen LogP contribution in [-0.2, 0) is 0 Å². The molecule has 3 heteroatoms. The van der Waals surface area contributed by atoms with Gasteiger partial charge in [0.1, 0.15) is 18.2 Å². The minimum atomic E-state index is -0.519. The zero-order valence-electron chi connectivity index (χ0n) is 5.33. The summed E-state index contributed by atoms with van der Waals surface area (Å²) in [7, 11) is 0. The van der Waals surface area contributed by atoms with E-state index >= 15 is 0 Å². The zero-order chi connectivity index (χ0) is 6.73. The maximum atomic E-state index is 8.77. The van der Waals surface area contributed by atoms with Crippen molar-refractivity contribution in [3.63, 3.8) is 0 Å². The number of hydrogen-bond acceptors (Lipinski definition) is 2. The Kier molecular flexibility index (Phi) is 2.97. The first-order chi connectivity index (χ1) is 3.55. The maximum absolute atomic E-state index is 8.77. The molecular weight excluding hydrogens is 106 g/mol. The fourth-order valence-electron chi connectivity index (χ4n) is 0.403. The second-order valence-corrected chi connectivity index (χ2v) is 2.15. The van der Waals surface area contributed by atoms with Crippen molar-refractivity contribution >= 4 is 0 Å². The SMILES string of the molecule is CC(O)C([NH3+])C(C)O. The Morgan fingerprint density at radius 1 is 1.12 bits per heavy atom. The molecule has 0 radical (unpaired) electrons. The van der Waals surface area contributed by atoms with Crippen molar-refractivity contribution in [1.29, 1.82) is 0 Å². The standard InChI is InChI=1S/C5H13NO2/c1-3(7)5(6)4(2)8/h3-5,7-8H,6H2,1-2H3/p+1. The van der Waals surface area contributed by atoms with Gasteiger partial charge >= 0.3 is 0 Å². The van der Waals surface area contributed by atoms with Crippen LogP contribution < -0.4 is 5.73 Å². The molecule has 0 aliphatic rings. The molecule has 0 saturated carbocycles. The van der Waals surface area contributed by atoms with E-state index in [0.717, 1.165) is 0 Å². The van der Waals surface area contributed by atoms with Gasteiger partial charge in [-0.1, -0.05) is 0 Å². The van der Waals surface area contributed by atoms with E-state index in [4.69, 9.17) is 10.2 Å². The first-order valence-electron chi connectivity index (χ1n) is 2.75. The number of hydrogen-bond donors (Lipinski definition) is 3. The molecule has 0 amide bonds. The van der Waals surface area contributed by atoms with Gasteiger partial charge in [-0.3, -0.25) is 0 Å².